The average Bonchev–Trinajstić information content (AvgIpc) is 2.87. The molecule has 0 fully saturated rings. The Balaban J connectivity index is 3.74. The zero-order valence-corrected chi connectivity index (χ0v) is 26.3. The molecule has 0 spiro atoms. The molecule has 0 aromatic heterocycles. The van der Waals surface area contributed by atoms with Crippen LogP contribution >= 0.6 is 7.29 Å². The largest absolute Gasteiger partial charge is 0.356 e. The molecule has 0 radical (unpaired) electrons. The van der Waals surface area contributed by atoms with Crippen LogP contribution in [0.4, 0.5) is 0 Å². The predicted octanol–water partition coefficient (Wildman–Crippen LogP) is 9.45. The molecule has 0 aliphatic rings. The molecule has 0 unspecified atom stereocenters. The lowest BCUT2D eigenvalue weighted by atomic mass is 10.0. The van der Waals surface area contributed by atoms with Crippen LogP contribution in [0, 0.1) is 11.3 Å². The van der Waals surface area contributed by atoms with Crippen molar-refractivity contribution in [3.63, 3.8) is 0 Å². The maximum atomic E-state index is 13.7. The summed E-state index contributed by atoms with van der Waals surface area (Å²) in [7, 11) is -2.48. The summed E-state index contributed by atoms with van der Waals surface area (Å²) in [6.45, 7) is 12.6. The highest BCUT2D eigenvalue weighted by Gasteiger charge is 2.36. The van der Waals surface area contributed by atoms with Crippen LogP contribution in [0.15, 0.2) is 0 Å². The number of carbonyl (C=O) groups excluding carboxylic acids is 1. The van der Waals surface area contributed by atoms with Crippen LogP contribution in [0.5, 0.6) is 0 Å². The van der Waals surface area contributed by atoms with E-state index in [9.17, 15) is 9.36 Å². The van der Waals surface area contributed by atoms with Crippen molar-refractivity contribution >= 4 is 13.2 Å². The van der Waals surface area contributed by atoms with Crippen molar-refractivity contribution in [3.8, 4) is 6.07 Å². The van der Waals surface area contributed by atoms with Crippen LogP contribution < -0.4 is 5.32 Å². The Morgan fingerprint density at radius 3 is 1.68 bits per heavy atom. The monoisotopic (exact) mass is 539 g/mol. The number of amides is 1. The van der Waals surface area contributed by atoms with Crippen LogP contribution in [0.1, 0.15) is 157 Å². The summed E-state index contributed by atoms with van der Waals surface area (Å²) in [5, 5.41) is 12.1. The standard InChI is InChI=1S/C31H62N3O2P/c1-6-7-8-9-10-11-12-13-14-15-16-17-20-24-31(35)33-26-21-18-19-22-27-34(28-23-25-32)37(36,29(2)3)30(4)5/h29-30H,6-24,26-28H2,1-5H3,(H,33,35). The van der Waals surface area contributed by atoms with Gasteiger partial charge >= 0.3 is 0 Å². The van der Waals surface area contributed by atoms with Gasteiger partial charge in [-0.3, -0.25) is 9.46 Å². The Kier molecular flexibility index (Phi) is 23.7. The molecular formula is C31H62N3O2P. The lowest BCUT2D eigenvalue weighted by Gasteiger charge is -2.37. The number of unbranched alkanes of at least 4 members (excludes halogenated alkanes) is 15. The van der Waals surface area contributed by atoms with E-state index in [0.29, 0.717) is 19.4 Å². The number of hydrogen-bond donors (Lipinski definition) is 1. The average molecular weight is 540 g/mol. The van der Waals surface area contributed by atoms with Crippen molar-refractivity contribution in [2.24, 2.45) is 0 Å². The minimum absolute atomic E-state index is 0.108. The number of nitrogens with zero attached hydrogens (tertiary/aromatic N) is 2. The Bertz CT molecular complexity index is 618. The minimum atomic E-state index is -2.48. The summed E-state index contributed by atoms with van der Waals surface area (Å²) in [5.41, 5.74) is 0.215. The summed E-state index contributed by atoms with van der Waals surface area (Å²) < 4.78 is 15.8. The Hall–Kier alpha value is -0.850. The number of carbonyl (C=O) groups is 1. The topological polar surface area (TPSA) is 73.2 Å². The number of hydrogen-bond acceptors (Lipinski definition) is 3. The van der Waals surface area contributed by atoms with E-state index in [4.69, 9.17) is 5.26 Å². The smallest absolute Gasteiger partial charge is 0.219 e. The van der Waals surface area contributed by atoms with Crippen molar-refractivity contribution in [2.75, 3.05) is 19.6 Å². The van der Waals surface area contributed by atoms with E-state index in [-0.39, 0.29) is 17.2 Å². The summed E-state index contributed by atoms with van der Waals surface area (Å²) in [5.74, 6) is 0.195. The predicted molar refractivity (Wildman–Crippen MR) is 161 cm³/mol. The van der Waals surface area contributed by atoms with E-state index < -0.39 is 7.29 Å². The Morgan fingerprint density at radius 1 is 0.730 bits per heavy atom. The molecule has 0 aliphatic heterocycles. The first-order valence-corrected chi connectivity index (χ1v) is 17.6. The summed E-state index contributed by atoms with van der Waals surface area (Å²) in [6, 6.07) is 2.21. The van der Waals surface area contributed by atoms with Gasteiger partial charge in [0.25, 0.3) is 0 Å². The molecule has 6 heteroatoms. The van der Waals surface area contributed by atoms with Crippen LogP contribution in [0.2, 0.25) is 0 Å². The first kappa shape index (κ1) is 36.1. The summed E-state index contributed by atoms with van der Waals surface area (Å²) in [6.07, 6.45) is 22.4. The molecule has 1 amide bonds. The molecule has 0 rings (SSSR count). The van der Waals surface area contributed by atoms with Gasteiger partial charge < -0.3 is 9.88 Å². The van der Waals surface area contributed by atoms with Gasteiger partial charge in [-0.2, -0.15) is 5.26 Å². The van der Waals surface area contributed by atoms with Crippen LogP contribution in [-0.2, 0) is 9.36 Å². The van der Waals surface area contributed by atoms with E-state index in [1.165, 1.54) is 77.0 Å². The molecule has 0 bridgehead atoms. The molecule has 37 heavy (non-hydrogen) atoms. The maximum Gasteiger partial charge on any atom is 0.219 e. The second kappa shape index (κ2) is 24.2. The Labute approximate surface area is 231 Å². The minimum Gasteiger partial charge on any atom is -0.356 e. The molecular weight excluding hydrogens is 477 g/mol. The van der Waals surface area contributed by atoms with Crippen LogP contribution in [0.25, 0.3) is 0 Å². The van der Waals surface area contributed by atoms with E-state index in [1.807, 2.05) is 27.7 Å². The first-order valence-electron chi connectivity index (χ1n) is 15.8. The highest BCUT2D eigenvalue weighted by Crippen LogP contribution is 2.58. The lowest BCUT2D eigenvalue weighted by Crippen LogP contribution is -2.30. The van der Waals surface area contributed by atoms with Crippen molar-refractivity contribution in [1.82, 2.24) is 9.99 Å². The number of nitriles is 1. The van der Waals surface area contributed by atoms with Gasteiger partial charge in [0, 0.05) is 43.8 Å². The first-order chi connectivity index (χ1) is 17.8. The highest BCUT2D eigenvalue weighted by atomic mass is 31.2. The fraction of sp³-hybridized carbons (Fsp3) is 0.935. The third kappa shape index (κ3) is 18.1. The quantitative estimate of drug-likeness (QED) is 0.0877. The van der Waals surface area contributed by atoms with E-state index >= 15 is 0 Å². The van der Waals surface area contributed by atoms with Gasteiger partial charge in [0.05, 0.1) is 6.07 Å². The summed E-state index contributed by atoms with van der Waals surface area (Å²) in [4.78, 5) is 12.1. The lowest BCUT2D eigenvalue weighted by molar-refractivity contribution is -0.121. The molecule has 0 atom stereocenters. The zero-order valence-electron chi connectivity index (χ0n) is 25.4. The maximum absolute atomic E-state index is 13.7. The molecule has 0 aromatic rings. The number of nitrogens with one attached hydrogen (secondary N) is 1. The summed E-state index contributed by atoms with van der Waals surface area (Å²) >= 11 is 0. The van der Waals surface area contributed by atoms with Crippen molar-refractivity contribution in [3.05, 3.63) is 0 Å². The number of rotatable bonds is 26. The van der Waals surface area contributed by atoms with Crippen LogP contribution in [0.3, 0.4) is 0 Å². The van der Waals surface area contributed by atoms with E-state index in [2.05, 4.69) is 23.0 Å². The molecule has 218 valence electrons. The molecule has 0 saturated carbocycles. The Morgan fingerprint density at radius 2 is 1.19 bits per heavy atom. The van der Waals surface area contributed by atoms with Gasteiger partial charge in [-0.25, -0.2) is 0 Å². The highest BCUT2D eigenvalue weighted by molar-refractivity contribution is 7.62. The van der Waals surface area contributed by atoms with Crippen LogP contribution in [-0.4, -0.2) is 41.5 Å². The van der Waals surface area contributed by atoms with E-state index in [0.717, 1.165) is 45.2 Å². The molecule has 0 heterocycles. The van der Waals surface area contributed by atoms with Crippen molar-refractivity contribution in [1.29, 1.82) is 5.26 Å². The van der Waals surface area contributed by atoms with Gasteiger partial charge in [-0.05, 0) is 19.3 Å². The van der Waals surface area contributed by atoms with Crippen molar-refractivity contribution < 1.29 is 9.36 Å². The molecule has 0 aliphatic carbocycles. The van der Waals surface area contributed by atoms with Gasteiger partial charge in [-0.1, -0.05) is 125 Å². The van der Waals surface area contributed by atoms with Gasteiger partial charge in [0.15, 0.2) is 7.29 Å². The molecule has 1 N–H and O–H groups in total. The normalized spacial score (nSPS) is 12.0. The second-order valence-electron chi connectivity index (χ2n) is 11.5. The van der Waals surface area contributed by atoms with E-state index in [1.54, 1.807) is 0 Å². The van der Waals surface area contributed by atoms with Gasteiger partial charge in [-0.15, -0.1) is 0 Å². The third-order valence-corrected chi connectivity index (χ3v) is 11.8. The molecule has 0 saturated heterocycles. The zero-order chi connectivity index (χ0) is 27.8. The molecule has 0 aromatic carbocycles. The SMILES string of the molecule is CCCCCCCCCCCCCCCC(=O)NCCCCCCN(CCC#N)P(=O)(C(C)C)C(C)C. The van der Waals surface area contributed by atoms with Gasteiger partial charge in [0.1, 0.15) is 0 Å². The third-order valence-electron chi connectivity index (χ3n) is 7.58. The van der Waals surface area contributed by atoms with Gasteiger partial charge in [0.2, 0.25) is 5.91 Å². The van der Waals surface area contributed by atoms with Crippen molar-refractivity contribution in [2.45, 2.75) is 168 Å². The molecule has 5 nitrogen and oxygen atoms in total. The fourth-order valence-corrected chi connectivity index (χ4v) is 8.61. The fourth-order valence-electron chi connectivity index (χ4n) is 5.25. The second-order valence-corrected chi connectivity index (χ2v) is 15.5.